The van der Waals surface area contributed by atoms with Gasteiger partial charge in [0.15, 0.2) is 0 Å². The predicted octanol–water partition coefficient (Wildman–Crippen LogP) is 5.47. The molecule has 0 bridgehead atoms. The van der Waals surface area contributed by atoms with Crippen LogP contribution in [0.2, 0.25) is 0 Å². The van der Waals surface area contributed by atoms with Gasteiger partial charge in [0.05, 0.1) is 5.41 Å². The number of benzene rings is 4. The van der Waals surface area contributed by atoms with Crippen molar-refractivity contribution in [1.82, 2.24) is 0 Å². The topological polar surface area (TPSA) is 57.5 Å². The van der Waals surface area contributed by atoms with Crippen molar-refractivity contribution in [2.24, 2.45) is 0 Å². The Balaban J connectivity index is 0.00000256. The van der Waals surface area contributed by atoms with Gasteiger partial charge in [0, 0.05) is 19.5 Å². The van der Waals surface area contributed by atoms with Crippen LogP contribution in [0.3, 0.4) is 0 Å². The van der Waals surface area contributed by atoms with Crippen molar-refractivity contribution in [3.8, 4) is 5.75 Å². The van der Waals surface area contributed by atoms with Crippen LogP contribution in [-0.4, -0.2) is 16.2 Å². The van der Waals surface area contributed by atoms with Gasteiger partial charge in [-0.1, -0.05) is 97.1 Å². The van der Waals surface area contributed by atoms with Crippen molar-refractivity contribution in [2.75, 3.05) is 0 Å². The molecule has 0 spiro atoms. The summed E-state index contributed by atoms with van der Waals surface area (Å²) in [5, 5.41) is 19.7. The quantitative estimate of drug-likeness (QED) is 0.316. The van der Waals surface area contributed by atoms with E-state index in [1.54, 1.807) is 12.1 Å². The largest absolute Gasteiger partial charge is 0.507 e. The number of aromatic carboxylic acids is 1. The molecule has 0 aliphatic carbocycles. The number of carboxylic acid groups (broad SMARTS) is 1. The van der Waals surface area contributed by atoms with Gasteiger partial charge in [-0.25, -0.2) is 4.79 Å². The summed E-state index contributed by atoms with van der Waals surface area (Å²) >= 11 is 0. The van der Waals surface area contributed by atoms with Crippen molar-refractivity contribution >= 4 is 5.97 Å². The van der Waals surface area contributed by atoms with E-state index in [1.165, 1.54) is 6.07 Å². The first kappa shape index (κ1) is 21.5. The molecule has 0 atom stereocenters. The van der Waals surface area contributed by atoms with Crippen LogP contribution >= 0.6 is 0 Å². The molecule has 0 unspecified atom stereocenters. The first-order chi connectivity index (χ1) is 14.1. The van der Waals surface area contributed by atoms with E-state index in [0.29, 0.717) is 0 Å². The maximum atomic E-state index is 11.8. The third kappa shape index (κ3) is 3.67. The van der Waals surface area contributed by atoms with E-state index in [9.17, 15) is 15.0 Å². The fourth-order valence-electron chi connectivity index (χ4n) is 4.01. The Morgan fingerprint density at radius 1 is 0.600 bits per heavy atom. The molecule has 0 heterocycles. The molecule has 0 saturated carbocycles. The minimum absolute atomic E-state index is 0. The van der Waals surface area contributed by atoms with E-state index in [1.807, 2.05) is 91.0 Å². The third-order valence-electron chi connectivity index (χ3n) is 5.28. The number of phenols is 1. The molecule has 0 aliphatic rings. The van der Waals surface area contributed by atoms with Crippen LogP contribution < -0.4 is 0 Å². The SMILES string of the molecule is O=C(O)c1cc(C(c2ccccc2)(c2ccccc2)c2ccccc2)ccc1O.[Zn]. The van der Waals surface area contributed by atoms with E-state index < -0.39 is 11.4 Å². The summed E-state index contributed by atoms with van der Waals surface area (Å²) in [6.45, 7) is 0. The fraction of sp³-hybridized carbons (Fsp3) is 0.0385. The van der Waals surface area contributed by atoms with Crippen molar-refractivity contribution in [2.45, 2.75) is 5.41 Å². The Morgan fingerprint density at radius 2 is 1.00 bits per heavy atom. The summed E-state index contributed by atoms with van der Waals surface area (Å²) in [5.41, 5.74) is 2.96. The van der Waals surface area contributed by atoms with Crippen molar-refractivity contribution < 1.29 is 34.5 Å². The molecule has 4 aromatic rings. The van der Waals surface area contributed by atoms with Crippen molar-refractivity contribution in [3.63, 3.8) is 0 Å². The molecule has 144 valence electrons. The number of aromatic hydroxyl groups is 1. The zero-order valence-corrected chi connectivity index (χ0v) is 19.4. The van der Waals surface area contributed by atoms with Gasteiger partial charge in [0.25, 0.3) is 0 Å². The van der Waals surface area contributed by atoms with Gasteiger partial charge in [-0.2, -0.15) is 0 Å². The maximum Gasteiger partial charge on any atom is 0.339 e. The average molecular weight is 446 g/mol. The van der Waals surface area contributed by atoms with Crippen molar-refractivity contribution in [3.05, 3.63) is 137 Å². The van der Waals surface area contributed by atoms with Crippen LogP contribution in [0.1, 0.15) is 32.6 Å². The van der Waals surface area contributed by atoms with Crippen LogP contribution in [0.5, 0.6) is 5.75 Å². The van der Waals surface area contributed by atoms with Gasteiger partial charge in [-0.15, -0.1) is 0 Å². The van der Waals surface area contributed by atoms with E-state index >= 15 is 0 Å². The first-order valence-corrected chi connectivity index (χ1v) is 9.37. The van der Waals surface area contributed by atoms with Crippen LogP contribution in [0, 0.1) is 0 Å². The number of carbonyl (C=O) groups is 1. The molecule has 2 N–H and O–H groups in total. The van der Waals surface area contributed by atoms with Crippen molar-refractivity contribution in [1.29, 1.82) is 0 Å². The monoisotopic (exact) mass is 444 g/mol. The summed E-state index contributed by atoms with van der Waals surface area (Å²) in [6.07, 6.45) is 0. The molecule has 4 rings (SSSR count). The molecule has 0 saturated heterocycles. The molecule has 3 nitrogen and oxygen atoms in total. The standard InChI is InChI=1S/C26H20O3.Zn/c27-24-17-16-22(18-23(24)25(28)29)26(19-10-4-1-5-11-19,20-12-6-2-7-13-20)21-14-8-3-9-15-21;/h1-18,27H,(H,28,29);. The fourth-order valence-corrected chi connectivity index (χ4v) is 4.01. The van der Waals surface area contributed by atoms with E-state index in [4.69, 9.17) is 0 Å². The van der Waals surface area contributed by atoms with Gasteiger partial charge in [0.2, 0.25) is 0 Å². The number of carboxylic acids is 1. The first-order valence-electron chi connectivity index (χ1n) is 9.37. The van der Waals surface area contributed by atoms with E-state index in [0.717, 1.165) is 22.3 Å². The molecule has 4 heteroatoms. The second kappa shape index (κ2) is 9.06. The Kier molecular flexibility index (Phi) is 6.49. The van der Waals surface area contributed by atoms with Gasteiger partial charge in [-0.3, -0.25) is 0 Å². The molecular formula is C26H20O3Zn. The second-order valence-corrected chi connectivity index (χ2v) is 6.89. The molecule has 0 amide bonds. The number of hydrogen-bond donors (Lipinski definition) is 2. The molecule has 0 aliphatic heterocycles. The molecule has 4 aromatic carbocycles. The van der Waals surface area contributed by atoms with Crippen LogP contribution in [-0.2, 0) is 24.9 Å². The van der Waals surface area contributed by atoms with Gasteiger partial charge < -0.3 is 10.2 Å². The maximum absolute atomic E-state index is 11.8. The second-order valence-electron chi connectivity index (χ2n) is 6.89. The van der Waals surface area contributed by atoms with E-state index in [2.05, 4.69) is 0 Å². The zero-order valence-electron chi connectivity index (χ0n) is 16.4. The summed E-state index contributed by atoms with van der Waals surface area (Å²) < 4.78 is 0. The smallest absolute Gasteiger partial charge is 0.339 e. The summed E-state index contributed by atoms with van der Waals surface area (Å²) in [4.78, 5) is 11.8. The third-order valence-corrected chi connectivity index (χ3v) is 5.28. The summed E-state index contributed by atoms with van der Waals surface area (Å²) in [5.74, 6) is -1.41. The number of hydrogen-bond acceptors (Lipinski definition) is 2. The summed E-state index contributed by atoms with van der Waals surface area (Å²) in [7, 11) is 0. The van der Waals surface area contributed by atoms with Gasteiger partial charge >= 0.3 is 5.97 Å². The average Bonchev–Trinajstić information content (AvgIpc) is 2.77. The Bertz CT molecular complexity index is 1030. The molecule has 0 radical (unpaired) electrons. The van der Waals surface area contributed by atoms with Crippen LogP contribution in [0.15, 0.2) is 109 Å². The number of rotatable bonds is 5. The van der Waals surface area contributed by atoms with Gasteiger partial charge in [0.1, 0.15) is 11.3 Å². The minimum Gasteiger partial charge on any atom is -0.507 e. The Morgan fingerprint density at radius 3 is 1.37 bits per heavy atom. The normalized spacial score (nSPS) is 10.8. The molecule has 0 fully saturated rings. The molecule has 0 aromatic heterocycles. The van der Waals surface area contributed by atoms with E-state index in [-0.39, 0.29) is 30.8 Å². The predicted molar refractivity (Wildman–Crippen MR) is 113 cm³/mol. The Labute approximate surface area is 188 Å². The van der Waals surface area contributed by atoms with Gasteiger partial charge in [-0.05, 0) is 34.4 Å². The van der Waals surface area contributed by atoms with Crippen LogP contribution in [0.25, 0.3) is 0 Å². The minimum atomic E-state index is -1.16. The Hall–Kier alpha value is -3.23. The molecule has 30 heavy (non-hydrogen) atoms. The summed E-state index contributed by atoms with van der Waals surface area (Å²) in [6, 6.07) is 34.9. The van der Waals surface area contributed by atoms with Crippen LogP contribution in [0.4, 0.5) is 0 Å². The zero-order chi connectivity index (χ0) is 20.3. The molecular weight excluding hydrogens is 426 g/mol.